The van der Waals surface area contributed by atoms with Crippen molar-refractivity contribution in [2.75, 3.05) is 26.2 Å². The van der Waals surface area contributed by atoms with E-state index in [1.54, 1.807) is 0 Å². The van der Waals surface area contributed by atoms with E-state index in [-0.39, 0.29) is 0 Å². The molecule has 14 heavy (non-hydrogen) atoms. The van der Waals surface area contributed by atoms with Gasteiger partial charge in [0.2, 0.25) is 0 Å². The summed E-state index contributed by atoms with van der Waals surface area (Å²) in [6.45, 7) is 11.3. The van der Waals surface area contributed by atoms with Gasteiger partial charge in [-0.25, -0.2) is 0 Å². The third-order valence-corrected chi connectivity index (χ3v) is 3.14. The minimum absolute atomic E-state index is 0.849. The van der Waals surface area contributed by atoms with E-state index >= 15 is 0 Å². The van der Waals surface area contributed by atoms with Crippen LogP contribution in [-0.4, -0.2) is 31.1 Å². The Morgan fingerprint density at radius 3 is 2.14 bits per heavy atom. The van der Waals surface area contributed by atoms with Crippen LogP contribution in [0.5, 0.6) is 0 Å². The predicted molar refractivity (Wildman–Crippen MR) is 64.5 cm³/mol. The van der Waals surface area contributed by atoms with E-state index < -0.39 is 0 Å². The van der Waals surface area contributed by atoms with Crippen molar-refractivity contribution >= 4 is 0 Å². The van der Waals surface area contributed by atoms with Gasteiger partial charge in [-0.05, 0) is 51.4 Å². The largest absolute Gasteiger partial charge is 0.330 e. The van der Waals surface area contributed by atoms with Crippen molar-refractivity contribution in [3.63, 3.8) is 0 Å². The Balaban J connectivity index is 3.59. The summed E-state index contributed by atoms with van der Waals surface area (Å²) >= 11 is 0. The normalized spacial score (nSPS) is 13.5. The Morgan fingerprint density at radius 2 is 1.71 bits per heavy atom. The Labute approximate surface area is 89.9 Å². The van der Waals surface area contributed by atoms with E-state index in [2.05, 4.69) is 25.7 Å². The monoisotopic (exact) mass is 200 g/mol. The zero-order chi connectivity index (χ0) is 10.8. The fourth-order valence-corrected chi connectivity index (χ4v) is 1.86. The fourth-order valence-electron chi connectivity index (χ4n) is 1.86. The van der Waals surface area contributed by atoms with Crippen LogP contribution in [0.4, 0.5) is 0 Å². The highest BCUT2D eigenvalue weighted by Crippen LogP contribution is 2.15. The van der Waals surface area contributed by atoms with Crippen molar-refractivity contribution < 1.29 is 0 Å². The molecule has 0 aliphatic rings. The molecule has 0 aromatic heterocycles. The Hall–Kier alpha value is -0.0800. The van der Waals surface area contributed by atoms with Crippen LogP contribution in [0.25, 0.3) is 0 Å². The molecule has 0 bridgehead atoms. The molecule has 0 amide bonds. The highest BCUT2D eigenvalue weighted by Gasteiger charge is 2.07. The van der Waals surface area contributed by atoms with Crippen LogP contribution in [0.15, 0.2) is 0 Å². The van der Waals surface area contributed by atoms with Crippen molar-refractivity contribution in [3.05, 3.63) is 0 Å². The third kappa shape index (κ3) is 6.39. The summed E-state index contributed by atoms with van der Waals surface area (Å²) in [7, 11) is 0. The second kappa shape index (κ2) is 9.47. The molecule has 0 heterocycles. The molecule has 0 spiro atoms. The van der Waals surface area contributed by atoms with Gasteiger partial charge in [0, 0.05) is 0 Å². The molecule has 0 aromatic carbocycles. The Bertz CT molecular complexity index is 111. The topological polar surface area (TPSA) is 29.3 Å². The van der Waals surface area contributed by atoms with Gasteiger partial charge in [0.25, 0.3) is 0 Å². The summed E-state index contributed by atoms with van der Waals surface area (Å²) in [5, 5.41) is 0. The molecule has 1 unspecified atom stereocenters. The zero-order valence-electron chi connectivity index (χ0n) is 10.3. The standard InChI is InChI=1S/C12H28N2/c1-4-12(8-7-10-13)9-11-14(5-2)6-3/h12H,4-11,13H2,1-3H3. The molecule has 0 aliphatic carbocycles. The van der Waals surface area contributed by atoms with Crippen molar-refractivity contribution in [3.8, 4) is 0 Å². The third-order valence-electron chi connectivity index (χ3n) is 3.14. The lowest BCUT2D eigenvalue weighted by molar-refractivity contribution is 0.266. The van der Waals surface area contributed by atoms with Gasteiger partial charge in [-0.3, -0.25) is 0 Å². The molecule has 0 saturated carbocycles. The second-order valence-corrected chi connectivity index (χ2v) is 4.02. The molecule has 0 aromatic rings. The number of nitrogens with zero attached hydrogens (tertiary/aromatic N) is 1. The van der Waals surface area contributed by atoms with Crippen molar-refractivity contribution in [1.29, 1.82) is 0 Å². The van der Waals surface area contributed by atoms with E-state index in [1.165, 1.54) is 45.3 Å². The number of nitrogens with two attached hydrogens (primary N) is 1. The van der Waals surface area contributed by atoms with E-state index in [4.69, 9.17) is 5.73 Å². The SMILES string of the molecule is CCC(CCCN)CCN(CC)CC. The van der Waals surface area contributed by atoms with Gasteiger partial charge in [-0.1, -0.05) is 27.2 Å². The molecule has 0 radical (unpaired) electrons. The number of hydrogen-bond donors (Lipinski definition) is 1. The van der Waals surface area contributed by atoms with E-state index in [0.717, 1.165) is 12.5 Å². The lowest BCUT2D eigenvalue weighted by atomic mass is 9.96. The highest BCUT2D eigenvalue weighted by atomic mass is 15.1. The first-order valence-corrected chi connectivity index (χ1v) is 6.20. The first-order chi connectivity index (χ1) is 6.78. The van der Waals surface area contributed by atoms with Gasteiger partial charge in [0.15, 0.2) is 0 Å². The molecule has 0 aliphatic heterocycles. The highest BCUT2D eigenvalue weighted by molar-refractivity contribution is 4.61. The van der Waals surface area contributed by atoms with Gasteiger partial charge in [-0.2, -0.15) is 0 Å². The molecule has 2 heteroatoms. The minimum atomic E-state index is 0.849. The Morgan fingerprint density at radius 1 is 1.07 bits per heavy atom. The Kier molecular flexibility index (Phi) is 9.42. The molecular formula is C12H28N2. The molecule has 0 saturated heterocycles. The second-order valence-electron chi connectivity index (χ2n) is 4.02. The quantitative estimate of drug-likeness (QED) is 0.619. The van der Waals surface area contributed by atoms with Crippen LogP contribution < -0.4 is 5.73 Å². The maximum absolute atomic E-state index is 5.53. The van der Waals surface area contributed by atoms with Crippen LogP contribution in [0, 0.1) is 5.92 Å². The van der Waals surface area contributed by atoms with Crippen molar-refractivity contribution in [1.82, 2.24) is 4.90 Å². The van der Waals surface area contributed by atoms with Crippen LogP contribution in [-0.2, 0) is 0 Å². The zero-order valence-corrected chi connectivity index (χ0v) is 10.3. The van der Waals surface area contributed by atoms with Gasteiger partial charge < -0.3 is 10.6 Å². The minimum Gasteiger partial charge on any atom is -0.330 e. The van der Waals surface area contributed by atoms with Crippen molar-refractivity contribution in [2.45, 2.75) is 46.5 Å². The summed E-state index contributed by atoms with van der Waals surface area (Å²) in [6, 6.07) is 0. The number of hydrogen-bond acceptors (Lipinski definition) is 2. The van der Waals surface area contributed by atoms with Crippen molar-refractivity contribution in [2.24, 2.45) is 11.7 Å². The summed E-state index contributed by atoms with van der Waals surface area (Å²) < 4.78 is 0. The molecule has 0 rings (SSSR count). The molecule has 86 valence electrons. The van der Waals surface area contributed by atoms with Gasteiger partial charge in [0.05, 0.1) is 0 Å². The van der Waals surface area contributed by atoms with Gasteiger partial charge >= 0.3 is 0 Å². The smallest absolute Gasteiger partial charge is 0.00163 e. The van der Waals surface area contributed by atoms with Crippen LogP contribution in [0.1, 0.15) is 46.5 Å². The van der Waals surface area contributed by atoms with Crippen LogP contribution in [0.2, 0.25) is 0 Å². The molecule has 0 fully saturated rings. The van der Waals surface area contributed by atoms with Gasteiger partial charge in [-0.15, -0.1) is 0 Å². The lowest BCUT2D eigenvalue weighted by Crippen LogP contribution is -2.25. The van der Waals surface area contributed by atoms with Gasteiger partial charge in [0.1, 0.15) is 0 Å². The number of rotatable bonds is 9. The predicted octanol–water partition coefficient (Wildman–Crippen LogP) is 2.48. The van der Waals surface area contributed by atoms with E-state index in [1.807, 2.05) is 0 Å². The fraction of sp³-hybridized carbons (Fsp3) is 1.00. The molecule has 2 nitrogen and oxygen atoms in total. The van der Waals surface area contributed by atoms with Crippen LogP contribution in [0.3, 0.4) is 0 Å². The average molecular weight is 200 g/mol. The summed E-state index contributed by atoms with van der Waals surface area (Å²) in [4.78, 5) is 2.51. The van der Waals surface area contributed by atoms with E-state index in [0.29, 0.717) is 0 Å². The first-order valence-electron chi connectivity index (χ1n) is 6.20. The van der Waals surface area contributed by atoms with Crippen LogP contribution >= 0.6 is 0 Å². The first kappa shape index (κ1) is 13.9. The van der Waals surface area contributed by atoms with E-state index in [9.17, 15) is 0 Å². The maximum atomic E-state index is 5.53. The summed E-state index contributed by atoms with van der Waals surface area (Å²) in [5.74, 6) is 0.888. The maximum Gasteiger partial charge on any atom is -0.00163 e. The molecular weight excluding hydrogens is 172 g/mol. The molecule has 1 atom stereocenters. The lowest BCUT2D eigenvalue weighted by Gasteiger charge is -2.21. The summed E-state index contributed by atoms with van der Waals surface area (Å²) in [5.41, 5.74) is 5.53. The molecule has 2 N–H and O–H groups in total. The summed E-state index contributed by atoms with van der Waals surface area (Å²) in [6.07, 6.45) is 5.16. The average Bonchev–Trinajstić information content (AvgIpc) is 2.23.